The number of allylic oxidation sites excluding steroid dienone is 16. The smallest absolute Gasteiger partial charge is 0.306 e. The minimum absolute atomic E-state index is 0.101. The van der Waals surface area contributed by atoms with Gasteiger partial charge >= 0.3 is 17.9 Å². The molecule has 0 spiro atoms. The van der Waals surface area contributed by atoms with Crippen molar-refractivity contribution in [2.75, 3.05) is 13.2 Å². The molecule has 0 rings (SSSR count). The summed E-state index contributed by atoms with van der Waals surface area (Å²) in [6.45, 7) is 6.31. The first kappa shape index (κ1) is 60.3. The van der Waals surface area contributed by atoms with E-state index in [9.17, 15) is 14.4 Å². The van der Waals surface area contributed by atoms with Crippen LogP contribution in [0.15, 0.2) is 97.2 Å². The Balaban J connectivity index is 4.45. The summed E-state index contributed by atoms with van der Waals surface area (Å²) in [7, 11) is 0. The van der Waals surface area contributed by atoms with Gasteiger partial charge in [0.25, 0.3) is 0 Å². The predicted octanol–water partition coefficient (Wildman–Crippen LogP) is 17.4. The Bertz CT molecular complexity index is 1300. The molecular formula is C58H96O6. The van der Waals surface area contributed by atoms with E-state index in [1.165, 1.54) is 96.3 Å². The van der Waals surface area contributed by atoms with E-state index >= 15 is 0 Å². The van der Waals surface area contributed by atoms with Crippen molar-refractivity contribution in [2.24, 2.45) is 0 Å². The molecule has 1 unspecified atom stereocenters. The van der Waals surface area contributed by atoms with Crippen LogP contribution >= 0.6 is 0 Å². The molecule has 0 saturated carbocycles. The lowest BCUT2D eigenvalue weighted by molar-refractivity contribution is -0.167. The SMILES string of the molecule is CC/C=C/C=C/C=C/C=C/C=C/CCCCCC(=O)OC(COC(=O)CCCCCCC/C=C/C=C/C=C/CC)COC(=O)CCCCCCCCCCCCCCCCCCCC. The van der Waals surface area contributed by atoms with Gasteiger partial charge in [0.2, 0.25) is 0 Å². The van der Waals surface area contributed by atoms with E-state index in [2.05, 4.69) is 69.4 Å². The quantitative estimate of drug-likeness (QED) is 0.0262. The molecule has 0 saturated heterocycles. The van der Waals surface area contributed by atoms with E-state index in [1.807, 2.05) is 48.6 Å². The lowest BCUT2D eigenvalue weighted by Gasteiger charge is -2.18. The number of rotatable bonds is 46. The average Bonchev–Trinajstić information content (AvgIpc) is 3.29. The van der Waals surface area contributed by atoms with Gasteiger partial charge in [0.05, 0.1) is 0 Å². The van der Waals surface area contributed by atoms with Gasteiger partial charge in [-0.15, -0.1) is 0 Å². The fourth-order valence-corrected chi connectivity index (χ4v) is 7.11. The number of ether oxygens (including phenoxy) is 3. The van der Waals surface area contributed by atoms with Gasteiger partial charge in [-0.1, -0.05) is 253 Å². The molecule has 0 aromatic carbocycles. The van der Waals surface area contributed by atoms with Crippen LogP contribution in [-0.2, 0) is 28.6 Å². The number of esters is 3. The van der Waals surface area contributed by atoms with Crippen LogP contribution in [0.1, 0.15) is 233 Å². The summed E-state index contributed by atoms with van der Waals surface area (Å²) >= 11 is 0. The highest BCUT2D eigenvalue weighted by Gasteiger charge is 2.19. The van der Waals surface area contributed by atoms with Crippen LogP contribution < -0.4 is 0 Å². The molecule has 0 bridgehead atoms. The topological polar surface area (TPSA) is 78.9 Å². The number of carbonyl (C=O) groups excluding carboxylic acids is 3. The molecule has 6 nitrogen and oxygen atoms in total. The maximum Gasteiger partial charge on any atom is 0.306 e. The Labute approximate surface area is 394 Å². The highest BCUT2D eigenvalue weighted by Crippen LogP contribution is 2.16. The molecule has 364 valence electrons. The van der Waals surface area contributed by atoms with Gasteiger partial charge in [-0.3, -0.25) is 14.4 Å². The van der Waals surface area contributed by atoms with E-state index < -0.39 is 6.10 Å². The van der Waals surface area contributed by atoms with E-state index in [1.54, 1.807) is 0 Å². The van der Waals surface area contributed by atoms with Gasteiger partial charge in [0.15, 0.2) is 6.10 Å². The van der Waals surface area contributed by atoms with Gasteiger partial charge in [-0.25, -0.2) is 0 Å². The summed E-state index contributed by atoms with van der Waals surface area (Å²) in [6, 6.07) is 0. The largest absolute Gasteiger partial charge is 0.462 e. The Morgan fingerprint density at radius 1 is 0.328 bits per heavy atom. The van der Waals surface area contributed by atoms with Crippen molar-refractivity contribution in [3.05, 3.63) is 97.2 Å². The minimum Gasteiger partial charge on any atom is -0.462 e. The highest BCUT2D eigenvalue weighted by molar-refractivity contribution is 5.71. The summed E-state index contributed by atoms with van der Waals surface area (Å²) in [5.41, 5.74) is 0. The van der Waals surface area contributed by atoms with Gasteiger partial charge < -0.3 is 14.2 Å². The molecule has 0 fully saturated rings. The zero-order chi connectivity index (χ0) is 46.5. The molecule has 0 amide bonds. The lowest BCUT2D eigenvalue weighted by atomic mass is 10.0. The molecule has 0 heterocycles. The molecule has 0 aromatic heterocycles. The maximum atomic E-state index is 12.8. The maximum absolute atomic E-state index is 12.8. The van der Waals surface area contributed by atoms with Crippen molar-refractivity contribution < 1.29 is 28.6 Å². The Morgan fingerprint density at radius 2 is 0.609 bits per heavy atom. The highest BCUT2D eigenvalue weighted by atomic mass is 16.6. The monoisotopic (exact) mass is 889 g/mol. The van der Waals surface area contributed by atoms with Crippen molar-refractivity contribution in [2.45, 2.75) is 239 Å². The predicted molar refractivity (Wildman–Crippen MR) is 274 cm³/mol. The number of carbonyl (C=O) groups is 3. The third kappa shape index (κ3) is 49.3. The molecule has 0 aliphatic rings. The number of unbranched alkanes of at least 4 members (excludes halogenated alkanes) is 25. The summed E-state index contributed by atoms with van der Waals surface area (Å²) in [6.07, 6.45) is 68.2. The molecule has 0 radical (unpaired) electrons. The third-order valence-electron chi connectivity index (χ3n) is 11.0. The second-order valence-corrected chi connectivity index (χ2v) is 17.2. The fourth-order valence-electron chi connectivity index (χ4n) is 7.11. The normalized spacial score (nSPS) is 12.9. The molecule has 1 atom stereocenters. The summed E-state index contributed by atoms with van der Waals surface area (Å²) in [5, 5.41) is 0. The van der Waals surface area contributed by atoms with Gasteiger partial charge in [-0.2, -0.15) is 0 Å². The molecule has 6 heteroatoms. The van der Waals surface area contributed by atoms with Crippen LogP contribution in [0.25, 0.3) is 0 Å². The first-order valence-electron chi connectivity index (χ1n) is 26.3. The van der Waals surface area contributed by atoms with Crippen LogP contribution in [0.3, 0.4) is 0 Å². The average molecular weight is 889 g/mol. The zero-order valence-electron chi connectivity index (χ0n) is 41.5. The molecule has 0 aromatic rings. The molecular weight excluding hydrogens is 793 g/mol. The Kier molecular flexibility index (Phi) is 49.0. The second-order valence-electron chi connectivity index (χ2n) is 17.2. The second kappa shape index (κ2) is 52.0. The van der Waals surface area contributed by atoms with Crippen molar-refractivity contribution in [1.82, 2.24) is 0 Å². The van der Waals surface area contributed by atoms with Gasteiger partial charge in [0, 0.05) is 19.3 Å². The van der Waals surface area contributed by atoms with E-state index in [4.69, 9.17) is 14.2 Å². The van der Waals surface area contributed by atoms with Crippen LogP contribution in [0.4, 0.5) is 0 Å². The first-order chi connectivity index (χ1) is 31.5. The zero-order valence-corrected chi connectivity index (χ0v) is 41.5. The standard InChI is InChI=1S/C58H96O6/c1-4-7-10-13-16-19-22-25-27-28-29-31-33-36-39-42-45-48-51-57(60)63-54-55(53-62-56(59)50-47-44-41-38-35-32-24-21-18-15-12-9-6-3)64-58(61)52-49-46-43-40-37-34-30-26-23-20-17-14-11-8-5-2/h8-9,11-12,14-15,17-18,20-21,23-24,26,30,34,37,55H,4-7,10,13,16,19,22,25,27-29,31-33,35-36,38-54H2,1-3H3/b11-8+,12-9+,17-14+,18-15+,23-20+,24-21+,30-26+,37-34+. The fraction of sp³-hybridized carbons (Fsp3) is 0.672. The molecule has 0 aliphatic carbocycles. The van der Waals surface area contributed by atoms with Crippen molar-refractivity contribution in [3.8, 4) is 0 Å². The third-order valence-corrected chi connectivity index (χ3v) is 11.0. The van der Waals surface area contributed by atoms with E-state index in [0.717, 1.165) is 89.9 Å². The van der Waals surface area contributed by atoms with Crippen LogP contribution in [0.2, 0.25) is 0 Å². The van der Waals surface area contributed by atoms with E-state index in [-0.39, 0.29) is 37.5 Å². The van der Waals surface area contributed by atoms with Crippen molar-refractivity contribution in [3.63, 3.8) is 0 Å². The minimum atomic E-state index is -0.807. The van der Waals surface area contributed by atoms with Gasteiger partial charge in [-0.05, 0) is 57.8 Å². The van der Waals surface area contributed by atoms with E-state index in [0.29, 0.717) is 19.3 Å². The number of hydrogen-bond donors (Lipinski definition) is 0. The van der Waals surface area contributed by atoms with Gasteiger partial charge in [0.1, 0.15) is 13.2 Å². The molecule has 0 aliphatic heterocycles. The lowest BCUT2D eigenvalue weighted by Crippen LogP contribution is -2.30. The van der Waals surface area contributed by atoms with Crippen LogP contribution in [0, 0.1) is 0 Å². The summed E-state index contributed by atoms with van der Waals surface area (Å²) in [4.78, 5) is 38.0. The summed E-state index contributed by atoms with van der Waals surface area (Å²) in [5.74, 6) is -0.964. The Hall–Kier alpha value is -3.67. The van der Waals surface area contributed by atoms with Crippen LogP contribution in [0.5, 0.6) is 0 Å². The number of hydrogen-bond acceptors (Lipinski definition) is 6. The van der Waals surface area contributed by atoms with Crippen molar-refractivity contribution >= 4 is 17.9 Å². The Morgan fingerprint density at radius 3 is 0.969 bits per heavy atom. The first-order valence-corrected chi connectivity index (χ1v) is 26.3. The summed E-state index contributed by atoms with van der Waals surface area (Å²) < 4.78 is 16.8. The molecule has 0 N–H and O–H groups in total. The molecule has 64 heavy (non-hydrogen) atoms. The van der Waals surface area contributed by atoms with Crippen molar-refractivity contribution in [1.29, 1.82) is 0 Å². The van der Waals surface area contributed by atoms with Crippen LogP contribution in [-0.4, -0.2) is 37.2 Å².